The van der Waals surface area contributed by atoms with E-state index in [4.69, 9.17) is 0 Å². The molecule has 1 saturated heterocycles. The van der Waals surface area contributed by atoms with E-state index in [1.165, 1.54) is 50.1 Å². The van der Waals surface area contributed by atoms with Gasteiger partial charge in [0.25, 0.3) is 0 Å². The number of benzene rings is 1. The van der Waals surface area contributed by atoms with Gasteiger partial charge in [-0.15, -0.1) is 0 Å². The molecule has 0 saturated carbocycles. The first-order valence-corrected chi connectivity index (χ1v) is 7.78. The Bertz CT molecular complexity index is 369. The van der Waals surface area contributed by atoms with E-state index in [0.29, 0.717) is 12.0 Å². The Labute approximate surface area is 118 Å². The van der Waals surface area contributed by atoms with Crippen LogP contribution in [-0.4, -0.2) is 30.6 Å². The third kappa shape index (κ3) is 4.24. The molecule has 19 heavy (non-hydrogen) atoms. The van der Waals surface area contributed by atoms with Crippen LogP contribution < -0.4 is 5.32 Å². The van der Waals surface area contributed by atoms with Crippen molar-refractivity contribution in [2.45, 2.75) is 52.0 Å². The fourth-order valence-electron chi connectivity index (χ4n) is 2.82. The second-order valence-corrected chi connectivity index (χ2v) is 5.98. The van der Waals surface area contributed by atoms with E-state index < -0.39 is 0 Å². The summed E-state index contributed by atoms with van der Waals surface area (Å²) in [6.45, 7) is 10.4. The van der Waals surface area contributed by atoms with Crippen LogP contribution in [0.25, 0.3) is 0 Å². The van der Waals surface area contributed by atoms with Crippen molar-refractivity contribution >= 4 is 5.69 Å². The quantitative estimate of drug-likeness (QED) is 0.877. The maximum Gasteiger partial charge on any atom is 0.0342 e. The van der Waals surface area contributed by atoms with Crippen molar-refractivity contribution in [2.24, 2.45) is 0 Å². The van der Waals surface area contributed by atoms with Gasteiger partial charge in [0.1, 0.15) is 0 Å². The van der Waals surface area contributed by atoms with E-state index in [1.54, 1.807) is 0 Å². The average Bonchev–Trinajstić information content (AvgIpc) is 2.64. The number of hydrogen-bond donors (Lipinski definition) is 1. The van der Waals surface area contributed by atoms with Gasteiger partial charge in [0.2, 0.25) is 0 Å². The summed E-state index contributed by atoms with van der Waals surface area (Å²) in [6.07, 6.45) is 3.87. The van der Waals surface area contributed by atoms with Gasteiger partial charge in [0, 0.05) is 18.3 Å². The van der Waals surface area contributed by atoms with Crippen molar-refractivity contribution in [3.05, 3.63) is 29.8 Å². The molecule has 0 aromatic heterocycles. The van der Waals surface area contributed by atoms with Crippen molar-refractivity contribution in [1.29, 1.82) is 0 Å². The molecule has 1 aromatic carbocycles. The zero-order chi connectivity index (χ0) is 13.7. The molecule has 2 rings (SSSR count). The zero-order valence-electron chi connectivity index (χ0n) is 12.7. The predicted molar refractivity (Wildman–Crippen MR) is 83.9 cm³/mol. The molecular formula is C17H28N2. The van der Waals surface area contributed by atoms with E-state index >= 15 is 0 Å². The summed E-state index contributed by atoms with van der Waals surface area (Å²) in [4.78, 5) is 2.56. The van der Waals surface area contributed by atoms with Gasteiger partial charge in [0.15, 0.2) is 0 Å². The van der Waals surface area contributed by atoms with Crippen molar-refractivity contribution < 1.29 is 0 Å². The summed E-state index contributed by atoms with van der Waals surface area (Å²) in [5, 5.41) is 3.70. The Hall–Kier alpha value is -1.02. The third-order valence-electron chi connectivity index (χ3n) is 4.22. The van der Waals surface area contributed by atoms with E-state index in [2.05, 4.69) is 55.3 Å². The predicted octanol–water partition coefficient (Wildman–Crippen LogP) is 4.10. The van der Waals surface area contributed by atoms with Crippen LogP contribution in [0.5, 0.6) is 0 Å². The Kier molecular flexibility index (Phi) is 5.26. The second kappa shape index (κ2) is 6.95. The molecule has 2 heteroatoms. The lowest BCUT2D eigenvalue weighted by Gasteiger charge is -2.19. The highest BCUT2D eigenvalue weighted by molar-refractivity contribution is 5.46. The molecule has 106 valence electrons. The van der Waals surface area contributed by atoms with Crippen LogP contribution in [0.15, 0.2) is 24.3 Å². The number of anilines is 1. The number of nitrogens with one attached hydrogen (secondary N) is 1. The molecule has 1 fully saturated rings. The van der Waals surface area contributed by atoms with Crippen LogP contribution in [0.1, 0.15) is 51.5 Å². The smallest absolute Gasteiger partial charge is 0.0342 e. The van der Waals surface area contributed by atoms with Gasteiger partial charge in [-0.3, -0.25) is 0 Å². The lowest BCUT2D eigenvalue weighted by atomic mass is 10.0. The Balaban J connectivity index is 1.90. The van der Waals surface area contributed by atoms with E-state index in [0.717, 1.165) is 0 Å². The summed E-state index contributed by atoms with van der Waals surface area (Å²) in [7, 11) is 0. The van der Waals surface area contributed by atoms with Crippen molar-refractivity contribution in [1.82, 2.24) is 4.90 Å². The van der Waals surface area contributed by atoms with Crippen LogP contribution in [-0.2, 0) is 0 Å². The first-order chi connectivity index (χ1) is 9.19. The number of hydrogen-bond acceptors (Lipinski definition) is 2. The molecule has 1 heterocycles. The standard InChI is InChI=1S/C17H28N2/c1-4-19-12-5-6-16(11-13-19)18-17-9-7-15(8-10-17)14(2)3/h7-10,14,16,18H,4-6,11-13H2,1-3H3. The monoisotopic (exact) mass is 260 g/mol. The Morgan fingerprint density at radius 3 is 2.53 bits per heavy atom. The van der Waals surface area contributed by atoms with Crippen LogP contribution >= 0.6 is 0 Å². The molecule has 1 aliphatic heterocycles. The fraction of sp³-hybridized carbons (Fsp3) is 0.647. The molecule has 0 amide bonds. The topological polar surface area (TPSA) is 15.3 Å². The largest absolute Gasteiger partial charge is 0.382 e. The normalized spacial score (nSPS) is 21.4. The van der Waals surface area contributed by atoms with Gasteiger partial charge in [-0.1, -0.05) is 32.9 Å². The minimum Gasteiger partial charge on any atom is -0.382 e. The lowest BCUT2D eigenvalue weighted by molar-refractivity contribution is 0.300. The molecule has 0 bridgehead atoms. The fourth-order valence-corrected chi connectivity index (χ4v) is 2.82. The van der Waals surface area contributed by atoms with Crippen LogP contribution in [0, 0.1) is 0 Å². The minimum atomic E-state index is 0.616. The number of nitrogens with zero attached hydrogens (tertiary/aromatic N) is 1. The zero-order valence-corrected chi connectivity index (χ0v) is 12.7. The molecular weight excluding hydrogens is 232 g/mol. The van der Waals surface area contributed by atoms with E-state index in [-0.39, 0.29) is 0 Å². The molecule has 1 aliphatic rings. The molecule has 0 spiro atoms. The molecule has 1 N–H and O–H groups in total. The molecule has 0 aliphatic carbocycles. The average molecular weight is 260 g/mol. The lowest BCUT2D eigenvalue weighted by Crippen LogP contribution is -2.26. The van der Waals surface area contributed by atoms with Gasteiger partial charge < -0.3 is 10.2 Å². The second-order valence-electron chi connectivity index (χ2n) is 5.98. The van der Waals surface area contributed by atoms with Crippen molar-refractivity contribution in [3.63, 3.8) is 0 Å². The van der Waals surface area contributed by atoms with Gasteiger partial charge in [-0.2, -0.15) is 0 Å². The summed E-state index contributed by atoms with van der Waals surface area (Å²) in [6, 6.07) is 9.61. The first-order valence-electron chi connectivity index (χ1n) is 7.78. The van der Waals surface area contributed by atoms with Crippen LogP contribution in [0.3, 0.4) is 0 Å². The Morgan fingerprint density at radius 1 is 1.16 bits per heavy atom. The molecule has 1 unspecified atom stereocenters. The van der Waals surface area contributed by atoms with Crippen molar-refractivity contribution in [3.8, 4) is 0 Å². The molecule has 1 atom stereocenters. The summed E-state index contributed by atoms with van der Waals surface area (Å²) < 4.78 is 0. The number of rotatable bonds is 4. The van der Waals surface area contributed by atoms with Crippen LogP contribution in [0.2, 0.25) is 0 Å². The highest BCUT2D eigenvalue weighted by Gasteiger charge is 2.15. The SMILES string of the molecule is CCN1CCCC(Nc2ccc(C(C)C)cc2)CC1. The maximum absolute atomic E-state index is 3.70. The highest BCUT2D eigenvalue weighted by Crippen LogP contribution is 2.20. The first kappa shape index (κ1) is 14.4. The van der Waals surface area contributed by atoms with Gasteiger partial charge in [-0.25, -0.2) is 0 Å². The van der Waals surface area contributed by atoms with E-state index in [9.17, 15) is 0 Å². The number of likely N-dealkylation sites (tertiary alicyclic amines) is 1. The van der Waals surface area contributed by atoms with Gasteiger partial charge in [-0.05, 0) is 56.0 Å². The summed E-state index contributed by atoms with van der Waals surface area (Å²) in [5.41, 5.74) is 2.70. The van der Waals surface area contributed by atoms with E-state index in [1.807, 2.05) is 0 Å². The van der Waals surface area contributed by atoms with Gasteiger partial charge >= 0.3 is 0 Å². The summed E-state index contributed by atoms with van der Waals surface area (Å²) in [5.74, 6) is 0.616. The molecule has 0 radical (unpaired) electrons. The van der Waals surface area contributed by atoms with Gasteiger partial charge in [0.05, 0.1) is 0 Å². The highest BCUT2D eigenvalue weighted by atomic mass is 15.1. The maximum atomic E-state index is 3.70. The van der Waals surface area contributed by atoms with Crippen LogP contribution in [0.4, 0.5) is 5.69 Å². The third-order valence-corrected chi connectivity index (χ3v) is 4.22. The Morgan fingerprint density at radius 2 is 1.89 bits per heavy atom. The summed E-state index contributed by atoms with van der Waals surface area (Å²) >= 11 is 0. The molecule has 1 aromatic rings. The minimum absolute atomic E-state index is 0.616. The molecule has 2 nitrogen and oxygen atoms in total. The van der Waals surface area contributed by atoms with Crippen molar-refractivity contribution in [2.75, 3.05) is 25.0 Å².